The first-order chi connectivity index (χ1) is 13.4. The molecule has 1 aliphatic heterocycles. The molecule has 0 bridgehead atoms. The number of ether oxygens (including phenoxy) is 1. The van der Waals surface area contributed by atoms with Crippen LogP contribution in [0.5, 0.6) is 5.75 Å². The van der Waals surface area contributed by atoms with Gasteiger partial charge in [-0.3, -0.25) is 9.59 Å². The standard InChI is InChI=1S/C20H24FN3O4/c1-28-16-5-6-17(21)15(10-16)12-24-9-3-7-20(27,19(24)26)13-22-11-14-4-2-8-23-18(14)25/h2,4-6,8,10,22,27H,3,7,9,11-13H2,1H3,(H,23,25)/t20-/m0/s1. The van der Waals surface area contributed by atoms with E-state index in [1.807, 2.05) is 0 Å². The van der Waals surface area contributed by atoms with Crippen molar-refractivity contribution in [3.8, 4) is 5.75 Å². The Kier molecular flexibility index (Phi) is 6.11. The minimum Gasteiger partial charge on any atom is -0.497 e. The number of aromatic nitrogens is 1. The Balaban J connectivity index is 1.65. The number of aromatic amines is 1. The lowest BCUT2D eigenvalue weighted by Gasteiger charge is -2.38. The van der Waals surface area contributed by atoms with Gasteiger partial charge >= 0.3 is 0 Å². The highest BCUT2D eigenvalue weighted by atomic mass is 19.1. The van der Waals surface area contributed by atoms with Gasteiger partial charge < -0.3 is 25.0 Å². The van der Waals surface area contributed by atoms with E-state index in [1.54, 1.807) is 24.4 Å². The van der Waals surface area contributed by atoms with Crippen molar-refractivity contribution in [2.75, 3.05) is 20.2 Å². The molecule has 1 aliphatic rings. The molecule has 8 heteroatoms. The molecule has 3 rings (SSSR count). The largest absolute Gasteiger partial charge is 0.497 e. The number of carbonyl (C=O) groups is 1. The molecule has 1 aromatic carbocycles. The summed E-state index contributed by atoms with van der Waals surface area (Å²) in [6.45, 7) is 0.742. The summed E-state index contributed by atoms with van der Waals surface area (Å²) in [5, 5.41) is 13.8. The number of hydrogen-bond donors (Lipinski definition) is 3. The lowest BCUT2D eigenvalue weighted by Crippen LogP contribution is -2.57. The molecule has 1 aromatic heterocycles. The number of H-pyrrole nitrogens is 1. The fraction of sp³-hybridized carbons (Fsp3) is 0.400. The second-order valence-corrected chi connectivity index (χ2v) is 6.95. The maximum absolute atomic E-state index is 14.1. The van der Waals surface area contributed by atoms with Crippen LogP contribution < -0.4 is 15.6 Å². The van der Waals surface area contributed by atoms with Crippen LogP contribution in [0.3, 0.4) is 0 Å². The van der Waals surface area contributed by atoms with Crippen LogP contribution in [0.25, 0.3) is 0 Å². The third-order valence-corrected chi connectivity index (χ3v) is 4.95. The third kappa shape index (κ3) is 4.40. The number of methoxy groups -OCH3 is 1. The first-order valence-electron chi connectivity index (χ1n) is 9.14. The third-order valence-electron chi connectivity index (χ3n) is 4.95. The zero-order valence-electron chi connectivity index (χ0n) is 15.7. The van der Waals surface area contributed by atoms with Crippen LogP contribution in [0.1, 0.15) is 24.0 Å². The number of hydrogen-bond acceptors (Lipinski definition) is 5. The summed E-state index contributed by atoms with van der Waals surface area (Å²) >= 11 is 0. The Labute approximate surface area is 162 Å². The van der Waals surface area contributed by atoms with Gasteiger partial charge in [-0.1, -0.05) is 6.07 Å². The molecule has 1 saturated heterocycles. The second-order valence-electron chi connectivity index (χ2n) is 6.95. The Hall–Kier alpha value is -2.71. The Morgan fingerprint density at radius 1 is 1.32 bits per heavy atom. The highest BCUT2D eigenvalue weighted by molar-refractivity contribution is 5.86. The number of carbonyl (C=O) groups excluding carboxylic acids is 1. The molecule has 0 radical (unpaired) electrons. The number of pyridine rings is 1. The van der Waals surface area contributed by atoms with E-state index in [4.69, 9.17) is 4.74 Å². The highest BCUT2D eigenvalue weighted by Crippen LogP contribution is 2.25. The van der Waals surface area contributed by atoms with Crippen LogP contribution >= 0.6 is 0 Å². The van der Waals surface area contributed by atoms with Gasteiger partial charge in [0.25, 0.3) is 11.5 Å². The SMILES string of the molecule is COc1ccc(F)c(CN2CCC[C@](O)(CNCc3ccc[nH]c3=O)C2=O)c1. The molecule has 0 saturated carbocycles. The summed E-state index contributed by atoms with van der Waals surface area (Å²) < 4.78 is 19.2. The molecule has 0 unspecified atom stereocenters. The number of aliphatic hydroxyl groups is 1. The van der Waals surface area contributed by atoms with Gasteiger partial charge in [-0.05, 0) is 37.1 Å². The van der Waals surface area contributed by atoms with E-state index in [0.29, 0.717) is 36.3 Å². The van der Waals surface area contributed by atoms with Crippen LogP contribution in [-0.2, 0) is 17.9 Å². The van der Waals surface area contributed by atoms with Crippen molar-refractivity contribution < 1.29 is 19.0 Å². The van der Waals surface area contributed by atoms with Crippen LogP contribution in [-0.4, -0.2) is 46.7 Å². The average molecular weight is 389 g/mol. The quantitative estimate of drug-likeness (QED) is 0.661. The highest BCUT2D eigenvalue weighted by Gasteiger charge is 2.41. The van der Waals surface area contributed by atoms with Crippen molar-refractivity contribution in [3.63, 3.8) is 0 Å². The summed E-state index contributed by atoms with van der Waals surface area (Å²) in [6.07, 6.45) is 2.45. The number of benzene rings is 1. The first-order valence-corrected chi connectivity index (χ1v) is 9.14. The molecule has 2 heterocycles. The van der Waals surface area contributed by atoms with E-state index in [0.717, 1.165) is 0 Å². The minimum absolute atomic E-state index is 0.0112. The number of piperidine rings is 1. The average Bonchev–Trinajstić information content (AvgIpc) is 2.69. The minimum atomic E-state index is -1.59. The molecule has 2 aromatic rings. The van der Waals surface area contributed by atoms with E-state index in [1.165, 1.54) is 24.1 Å². The summed E-state index contributed by atoms with van der Waals surface area (Å²) in [4.78, 5) is 28.6. The van der Waals surface area contributed by atoms with Crippen molar-refractivity contribution in [2.24, 2.45) is 0 Å². The second kappa shape index (κ2) is 8.53. The molecule has 0 spiro atoms. The molecular formula is C20H24FN3O4. The van der Waals surface area contributed by atoms with Gasteiger partial charge in [0, 0.05) is 43.5 Å². The smallest absolute Gasteiger partial charge is 0.256 e. The van der Waals surface area contributed by atoms with E-state index in [9.17, 15) is 19.1 Å². The van der Waals surface area contributed by atoms with Crippen molar-refractivity contribution in [2.45, 2.75) is 31.5 Å². The van der Waals surface area contributed by atoms with Crippen LogP contribution in [0.4, 0.5) is 4.39 Å². The molecular weight excluding hydrogens is 365 g/mol. The summed E-state index contributed by atoms with van der Waals surface area (Å²) in [5.74, 6) is -0.370. The molecule has 3 N–H and O–H groups in total. The number of halogens is 1. The summed E-state index contributed by atoms with van der Waals surface area (Å²) in [5.41, 5.74) is -0.952. The maximum atomic E-state index is 14.1. The summed E-state index contributed by atoms with van der Waals surface area (Å²) in [6, 6.07) is 7.76. The van der Waals surface area contributed by atoms with Gasteiger partial charge in [0.15, 0.2) is 5.60 Å². The lowest BCUT2D eigenvalue weighted by molar-refractivity contribution is -0.157. The molecule has 28 heavy (non-hydrogen) atoms. The van der Waals surface area contributed by atoms with Crippen molar-refractivity contribution >= 4 is 5.91 Å². The number of amides is 1. The van der Waals surface area contributed by atoms with Gasteiger partial charge in [0.05, 0.1) is 7.11 Å². The van der Waals surface area contributed by atoms with Crippen molar-refractivity contribution in [3.05, 3.63) is 63.8 Å². The van der Waals surface area contributed by atoms with E-state index >= 15 is 0 Å². The zero-order chi connectivity index (χ0) is 20.1. The Bertz CT molecular complexity index is 901. The topological polar surface area (TPSA) is 94.7 Å². The van der Waals surface area contributed by atoms with Crippen LogP contribution in [0.2, 0.25) is 0 Å². The van der Waals surface area contributed by atoms with Crippen LogP contribution in [0, 0.1) is 5.82 Å². The number of likely N-dealkylation sites (tertiary alicyclic amines) is 1. The molecule has 1 fully saturated rings. The molecule has 150 valence electrons. The fourth-order valence-corrected chi connectivity index (χ4v) is 3.38. The van der Waals surface area contributed by atoms with Gasteiger partial charge in [-0.15, -0.1) is 0 Å². The summed E-state index contributed by atoms with van der Waals surface area (Å²) in [7, 11) is 1.49. The van der Waals surface area contributed by atoms with Gasteiger partial charge in [-0.25, -0.2) is 4.39 Å². The van der Waals surface area contributed by atoms with Crippen molar-refractivity contribution in [1.29, 1.82) is 0 Å². The Morgan fingerprint density at radius 2 is 2.14 bits per heavy atom. The lowest BCUT2D eigenvalue weighted by atomic mass is 9.91. The van der Waals surface area contributed by atoms with Crippen molar-refractivity contribution in [1.82, 2.24) is 15.2 Å². The normalized spacial score (nSPS) is 19.7. The van der Waals surface area contributed by atoms with E-state index < -0.39 is 17.3 Å². The monoisotopic (exact) mass is 389 g/mol. The van der Waals surface area contributed by atoms with Gasteiger partial charge in [0.1, 0.15) is 11.6 Å². The number of nitrogens with zero attached hydrogens (tertiary/aromatic N) is 1. The fourth-order valence-electron chi connectivity index (χ4n) is 3.38. The molecule has 0 aliphatic carbocycles. The maximum Gasteiger partial charge on any atom is 0.256 e. The molecule has 7 nitrogen and oxygen atoms in total. The molecule has 1 atom stereocenters. The Morgan fingerprint density at radius 3 is 2.89 bits per heavy atom. The predicted molar refractivity (Wildman–Crippen MR) is 101 cm³/mol. The van der Waals surface area contributed by atoms with E-state index in [-0.39, 0.29) is 25.2 Å². The number of rotatable bonds is 7. The zero-order valence-corrected chi connectivity index (χ0v) is 15.7. The predicted octanol–water partition coefficient (Wildman–Crippen LogP) is 1.17. The van der Waals surface area contributed by atoms with Crippen LogP contribution in [0.15, 0.2) is 41.3 Å². The molecule has 1 amide bonds. The first kappa shape index (κ1) is 20.0. The van der Waals surface area contributed by atoms with E-state index in [2.05, 4.69) is 10.3 Å². The number of nitrogens with one attached hydrogen (secondary N) is 2. The van der Waals surface area contributed by atoms with Gasteiger partial charge in [-0.2, -0.15) is 0 Å². The van der Waals surface area contributed by atoms with Gasteiger partial charge in [0.2, 0.25) is 0 Å².